The van der Waals surface area contributed by atoms with E-state index in [1.54, 1.807) is 12.3 Å². The van der Waals surface area contributed by atoms with Crippen LogP contribution in [0.4, 0.5) is 0 Å². The summed E-state index contributed by atoms with van der Waals surface area (Å²) in [5.41, 5.74) is 0. The number of hydrogen-bond donors (Lipinski definition) is 1. The molecule has 0 aromatic carbocycles. The molecule has 1 heterocycles. The lowest BCUT2D eigenvalue weighted by Gasteiger charge is -2.25. The fourth-order valence-electron chi connectivity index (χ4n) is 0.791. The summed E-state index contributed by atoms with van der Waals surface area (Å²) in [7, 11) is 0. The predicted molar refractivity (Wildman–Crippen MR) is 46.7 cm³/mol. The van der Waals surface area contributed by atoms with E-state index >= 15 is 0 Å². The molecule has 1 fully saturated rings. The van der Waals surface area contributed by atoms with Gasteiger partial charge in [0.1, 0.15) is 0 Å². The summed E-state index contributed by atoms with van der Waals surface area (Å²) in [5, 5.41) is 3.08. The lowest BCUT2D eigenvalue weighted by Crippen LogP contribution is -2.43. The number of ketones is 1. The average molecular weight is 169 g/mol. The molecule has 0 amide bonds. The van der Waals surface area contributed by atoms with Crippen LogP contribution in [0.5, 0.6) is 0 Å². The largest absolute Gasteiger partial charge is 0.383 e. The van der Waals surface area contributed by atoms with Crippen molar-refractivity contribution in [1.29, 1.82) is 0 Å². The van der Waals surface area contributed by atoms with E-state index in [4.69, 9.17) is 4.74 Å². The number of hydrogen-bond acceptors (Lipinski definition) is 3. The Bertz CT molecular complexity index is 183. The third kappa shape index (κ3) is 2.66. The van der Waals surface area contributed by atoms with Crippen molar-refractivity contribution in [2.45, 2.75) is 19.9 Å². The molecule has 3 heteroatoms. The van der Waals surface area contributed by atoms with E-state index in [1.807, 2.05) is 13.8 Å². The predicted octanol–water partition coefficient (Wildman–Crippen LogP) is 0.714. The summed E-state index contributed by atoms with van der Waals surface area (Å²) >= 11 is 0. The van der Waals surface area contributed by atoms with Crippen LogP contribution in [-0.4, -0.2) is 25.0 Å². The smallest absolute Gasteiger partial charge is 0.159 e. The third-order valence-electron chi connectivity index (χ3n) is 1.79. The first-order valence-corrected chi connectivity index (χ1v) is 4.24. The van der Waals surface area contributed by atoms with Gasteiger partial charge in [-0.2, -0.15) is 0 Å². The minimum absolute atomic E-state index is 0.0840. The maximum atomic E-state index is 11.1. The van der Waals surface area contributed by atoms with Crippen LogP contribution in [0.2, 0.25) is 0 Å². The highest BCUT2D eigenvalue weighted by molar-refractivity contribution is 5.91. The summed E-state index contributed by atoms with van der Waals surface area (Å²) < 4.78 is 4.96. The number of ether oxygens (including phenoxy) is 1. The second-order valence-corrected chi connectivity index (χ2v) is 3.29. The number of allylic oxidation sites excluding steroid dienone is 1. The Hall–Kier alpha value is -0.830. The Morgan fingerprint density at radius 1 is 1.58 bits per heavy atom. The highest BCUT2D eigenvalue weighted by Crippen LogP contribution is 1.99. The number of nitrogens with one attached hydrogen (secondary N) is 1. The molecule has 0 radical (unpaired) electrons. The maximum Gasteiger partial charge on any atom is 0.159 e. The second-order valence-electron chi connectivity index (χ2n) is 3.29. The van der Waals surface area contributed by atoms with Gasteiger partial charge in [-0.15, -0.1) is 0 Å². The van der Waals surface area contributed by atoms with Crippen LogP contribution in [0.25, 0.3) is 0 Å². The summed E-state index contributed by atoms with van der Waals surface area (Å²) in [4.78, 5) is 11.1. The van der Waals surface area contributed by atoms with Gasteiger partial charge >= 0.3 is 0 Å². The molecule has 0 atom stereocenters. The zero-order chi connectivity index (χ0) is 8.97. The topological polar surface area (TPSA) is 38.3 Å². The van der Waals surface area contributed by atoms with Crippen molar-refractivity contribution in [2.24, 2.45) is 5.92 Å². The first kappa shape index (κ1) is 9.26. The van der Waals surface area contributed by atoms with E-state index in [1.165, 1.54) is 0 Å². The molecule has 0 spiro atoms. The molecular formula is C9H15NO2. The van der Waals surface area contributed by atoms with Crippen molar-refractivity contribution in [3.05, 3.63) is 12.3 Å². The van der Waals surface area contributed by atoms with Crippen molar-refractivity contribution in [1.82, 2.24) is 5.32 Å². The molecule has 1 aliphatic rings. The highest BCUT2D eigenvalue weighted by atomic mass is 16.5. The molecule has 12 heavy (non-hydrogen) atoms. The zero-order valence-electron chi connectivity index (χ0n) is 7.54. The lowest BCUT2D eigenvalue weighted by molar-refractivity contribution is -0.117. The van der Waals surface area contributed by atoms with Crippen molar-refractivity contribution in [2.75, 3.05) is 13.2 Å². The van der Waals surface area contributed by atoms with Crippen LogP contribution in [0, 0.1) is 5.92 Å². The third-order valence-corrected chi connectivity index (χ3v) is 1.79. The zero-order valence-corrected chi connectivity index (χ0v) is 7.54. The fraction of sp³-hybridized carbons (Fsp3) is 0.667. The summed E-state index contributed by atoms with van der Waals surface area (Å²) in [6, 6.07) is 0.404. The van der Waals surface area contributed by atoms with E-state index in [9.17, 15) is 4.79 Å². The van der Waals surface area contributed by atoms with Crippen LogP contribution in [0.15, 0.2) is 12.3 Å². The summed E-state index contributed by atoms with van der Waals surface area (Å²) in [5.74, 6) is 0.239. The fourth-order valence-corrected chi connectivity index (χ4v) is 0.791. The van der Waals surface area contributed by atoms with Gasteiger partial charge in [0.05, 0.1) is 19.3 Å². The van der Waals surface area contributed by atoms with Gasteiger partial charge in [-0.3, -0.25) is 4.79 Å². The highest BCUT2D eigenvalue weighted by Gasteiger charge is 2.15. The first-order chi connectivity index (χ1) is 5.70. The molecule has 1 N–H and O–H groups in total. The quantitative estimate of drug-likeness (QED) is 0.630. The van der Waals surface area contributed by atoms with E-state index in [0.29, 0.717) is 6.04 Å². The second kappa shape index (κ2) is 4.26. The van der Waals surface area contributed by atoms with E-state index in [2.05, 4.69) is 5.32 Å². The van der Waals surface area contributed by atoms with Gasteiger partial charge < -0.3 is 10.1 Å². The van der Waals surface area contributed by atoms with Gasteiger partial charge in [0.25, 0.3) is 0 Å². The van der Waals surface area contributed by atoms with Crippen LogP contribution in [-0.2, 0) is 9.53 Å². The van der Waals surface area contributed by atoms with Crippen LogP contribution >= 0.6 is 0 Å². The van der Waals surface area contributed by atoms with Crippen LogP contribution in [0.3, 0.4) is 0 Å². The molecule has 1 saturated heterocycles. The Labute approximate surface area is 72.8 Å². The molecule has 68 valence electrons. The van der Waals surface area contributed by atoms with Crippen LogP contribution < -0.4 is 5.32 Å². The van der Waals surface area contributed by atoms with Crippen molar-refractivity contribution >= 4 is 5.78 Å². The number of carbonyl (C=O) groups is 1. The minimum Gasteiger partial charge on any atom is -0.383 e. The van der Waals surface area contributed by atoms with Gasteiger partial charge in [-0.1, -0.05) is 13.8 Å². The molecule has 0 aliphatic carbocycles. The molecule has 0 unspecified atom stereocenters. The van der Waals surface area contributed by atoms with Crippen LogP contribution in [0.1, 0.15) is 13.8 Å². The van der Waals surface area contributed by atoms with Gasteiger partial charge in [0.2, 0.25) is 0 Å². The number of rotatable bonds is 4. The van der Waals surface area contributed by atoms with Crippen molar-refractivity contribution in [3.8, 4) is 0 Å². The molecular weight excluding hydrogens is 154 g/mol. The molecule has 0 aromatic heterocycles. The molecule has 0 bridgehead atoms. The average Bonchev–Trinajstić information content (AvgIpc) is 1.93. The van der Waals surface area contributed by atoms with E-state index < -0.39 is 0 Å². The van der Waals surface area contributed by atoms with E-state index in [0.717, 1.165) is 13.2 Å². The van der Waals surface area contributed by atoms with Gasteiger partial charge in [0, 0.05) is 12.1 Å². The summed E-state index contributed by atoms with van der Waals surface area (Å²) in [6.07, 6.45) is 3.30. The lowest BCUT2D eigenvalue weighted by atomic mass is 10.1. The van der Waals surface area contributed by atoms with E-state index in [-0.39, 0.29) is 11.7 Å². The maximum absolute atomic E-state index is 11.1. The molecule has 1 rings (SSSR count). The molecule has 1 aliphatic heterocycles. The first-order valence-electron chi connectivity index (χ1n) is 4.24. The van der Waals surface area contributed by atoms with Gasteiger partial charge in [-0.25, -0.2) is 0 Å². The molecule has 0 saturated carbocycles. The Morgan fingerprint density at radius 2 is 2.25 bits per heavy atom. The standard InChI is InChI=1S/C9H15NO2/c1-7(2)9(11)3-4-10-8-5-12-6-8/h3-4,7-8,10H,5-6H2,1-2H3/b4-3+. The Morgan fingerprint density at radius 3 is 2.67 bits per heavy atom. The Kier molecular flexibility index (Phi) is 3.29. The monoisotopic (exact) mass is 169 g/mol. The normalized spacial score (nSPS) is 18.2. The van der Waals surface area contributed by atoms with Crippen molar-refractivity contribution < 1.29 is 9.53 Å². The van der Waals surface area contributed by atoms with Crippen molar-refractivity contribution in [3.63, 3.8) is 0 Å². The molecule has 3 nitrogen and oxygen atoms in total. The van der Waals surface area contributed by atoms with Gasteiger partial charge in [0.15, 0.2) is 5.78 Å². The molecule has 0 aromatic rings. The SMILES string of the molecule is CC(C)C(=O)/C=C/NC1COC1. The number of carbonyl (C=O) groups excluding carboxylic acids is 1. The summed E-state index contributed by atoms with van der Waals surface area (Å²) in [6.45, 7) is 5.28. The van der Waals surface area contributed by atoms with Gasteiger partial charge in [-0.05, 0) is 6.08 Å². The Balaban J connectivity index is 2.15. The minimum atomic E-state index is 0.0840.